The molecular formula is C10H17N3O. The summed E-state index contributed by atoms with van der Waals surface area (Å²) in [7, 11) is 1.60. The smallest absolute Gasteiger partial charge is 0.223 e. The summed E-state index contributed by atoms with van der Waals surface area (Å²) < 4.78 is 4.97. The van der Waals surface area contributed by atoms with Gasteiger partial charge in [0.1, 0.15) is 0 Å². The molecule has 1 unspecified atom stereocenters. The van der Waals surface area contributed by atoms with Crippen molar-refractivity contribution in [3.8, 4) is 5.75 Å². The van der Waals surface area contributed by atoms with E-state index >= 15 is 0 Å². The molecular weight excluding hydrogens is 178 g/mol. The Morgan fingerprint density at radius 2 is 2.07 bits per heavy atom. The molecule has 4 heteroatoms. The molecule has 0 bridgehead atoms. The highest BCUT2D eigenvalue weighted by atomic mass is 16.5. The maximum absolute atomic E-state index is 4.97. The molecule has 1 aromatic rings. The van der Waals surface area contributed by atoms with Crippen LogP contribution in [0, 0.1) is 0 Å². The summed E-state index contributed by atoms with van der Waals surface area (Å²) in [5.41, 5.74) is 0. The summed E-state index contributed by atoms with van der Waals surface area (Å²) in [5, 5.41) is 3.22. The highest BCUT2D eigenvalue weighted by Crippen LogP contribution is 2.09. The second-order valence-electron chi connectivity index (χ2n) is 3.28. The highest BCUT2D eigenvalue weighted by molar-refractivity contribution is 5.27. The summed E-state index contributed by atoms with van der Waals surface area (Å²) in [6.45, 7) is 4.28. The third kappa shape index (κ3) is 3.20. The van der Waals surface area contributed by atoms with Crippen molar-refractivity contribution in [3.63, 3.8) is 0 Å². The van der Waals surface area contributed by atoms with Gasteiger partial charge < -0.3 is 10.1 Å². The number of hydrogen-bond acceptors (Lipinski definition) is 4. The van der Waals surface area contributed by atoms with Gasteiger partial charge in [-0.15, -0.1) is 0 Å². The highest BCUT2D eigenvalue weighted by Gasteiger charge is 2.02. The Balaban J connectivity index is 2.50. The molecule has 1 atom stereocenters. The maximum Gasteiger partial charge on any atom is 0.223 e. The Kier molecular flexibility index (Phi) is 4.16. The first-order valence-electron chi connectivity index (χ1n) is 4.88. The van der Waals surface area contributed by atoms with Crippen molar-refractivity contribution in [3.05, 3.63) is 12.4 Å². The predicted molar refractivity (Wildman–Crippen MR) is 56.6 cm³/mol. The predicted octanol–water partition coefficient (Wildman–Crippen LogP) is 2.09. The van der Waals surface area contributed by atoms with E-state index in [4.69, 9.17) is 4.74 Å². The first kappa shape index (κ1) is 10.8. The van der Waals surface area contributed by atoms with Crippen LogP contribution in [0.1, 0.15) is 26.7 Å². The molecule has 14 heavy (non-hydrogen) atoms. The van der Waals surface area contributed by atoms with Crippen LogP contribution >= 0.6 is 0 Å². The van der Waals surface area contributed by atoms with E-state index in [2.05, 4.69) is 29.1 Å². The monoisotopic (exact) mass is 195 g/mol. The van der Waals surface area contributed by atoms with Gasteiger partial charge in [0.25, 0.3) is 0 Å². The van der Waals surface area contributed by atoms with E-state index in [0.717, 1.165) is 12.8 Å². The molecule has 0 aliphatic carbocycles. The molecule has 0 spiro atoms. The van der Waals surface area contributed by atoms with E-state index in [1.807, 2.05) is 0 Å². The van der Waals surface area contributed by atoms with Gasteiger partial charge in [-0.05, 0) is 13.3 Å². The van der Waals surface area contributed by atoms with E-state index in [1.54, 1.807) is 19.5 Å². The Bertz CT molecular complexity index is 261. The summed E-state index contributed by atoms with van der Waals surface area (Å²) in [4.78, 5) is 8.25. The zero-order chi connectivity index (χ0) is 10.4. The van der Waals surface area contributed by atoms with E-state index in [1.165, 1.54) is 0 Å². The second kappa shape index (κ2) is 5.42. The minimum atomic E-state index is 0.411. The summed E-state index contributed by atoms with van der Waals surface area (Å²) >= 11 is 0. The van der Waals surface area contributed by atoms with Crippen LogP contribution in [-0.4, -0.2) is 23.1 Å². The van der Waals surface area contributed by atoms with Crippen LogP contribution in [0.15, 0.2) is 12.4 Å². The van der Waals surface area contributed by atoms with E-state index in [0.29, 0.717) is 17.7 Å². The topological polar surface area (TPSA) is 47.0 Å². The molecule has 0 fully saturated rings. The van der Waals surface area contributed by atoms with Gasteiger partial charge in [-0.25, -0.2) is 9.97 Å². The van der Waals surface area contributed by atoms with Crippen molar-refractivity contribution in [2.45, 2.75) is 32.7 Å². The molecule has 0 saturated heterocycles. The molecule has 0 amide bonds. The van der Waals surface area contributed by atoms with Gasteiger partial charge in [0, 0.05) is 6.04 Å². The van der Waals surface area contributed by atoms with Crippen LogP contribution in [0.5, 0.6) is 5.75 Å². The normalized spacial score (nSPS) is 12.2. The fraction of sp³-hybridized carbons (Fsp3) is 0.600. The van der Waals surface area contributed by atoms with Crippen molar-refractivity contribution >= 4 is 5.95 Å². The van der Waals surface area contributed by atoms with E-state index < -0.39 is 0 Å². The summed E-state index contributed by atoms with van der Waals surface area (Å²) in [5.74, 6) is 1.34. The zero-order valence-electron chi connectivity index (χ0n) is 8.95. The zero-order valence-corrected chi connectivity index (χ0v) is 8.95. The standard InChI is InChI=1S/C10H17N3O/c1-4-5-8(2)13-10-11-6-9(14-3)7-12-10/h6-8H,4-5H2,1-3H3,(H,11,12,13). The second-order valence-corrected chi connectivity index (χ2v) is 3.28. The lowest BCUT2D eigenvalue weighted by Gasteiger charge is -2.12. The fourth-order valence-corrected chi connectivity index (χ4v) is 1.22. The molecule has 0 aliphatic rings. The third-order valence-corrected chi connectivity index (χ3v) is 1.96. The van der Waals surface area contributed by atoms with Crippen molar-refractivity contribution in [2.75, 3.05) is 12.4 Å². The lowest BCUT2D eigenvalue weighted by atomic mass is 10.2. The first-order chi connectivity index (χ1) is 6.76. The molecule has 78 valence electrons. The average molecular weight is 195 g/mol. The lowest BCUT2D eigenvalue weighted by molar-refractivity contribution is 0.411. The molecule has 0 saturated carbocycles. The van der Waals surface area contributed by atoms with Gasteiger partial charge in [-0.2, -0.15) is 0 Å². The average Bonchev–Trinajstić information content (AvgIpc) is 2.19. The minimum absolute atomic E-state index is 0.411. The first-order valence-corrected chi connectivity index (χ1v) is 4.88. The Labute approximate surface area is 84.7 Å². The van der Waals surface area contributed by atoms with Gasteiger partial charge in [0.2, 0.25) is 5.95 Å². The van der Waals surface area contributed by atoms with Crippen molar-refractivity contribution in [1.82, 2.24) is 9.97 Å². The number of hydrogen-bond donors (Lipinski definition) is 1. The van der Waals surface area contributed by atoms with E-state index in [9.17, 15) is 0 Å². The molecule has 0 aromatic carbocycles. The quantitative estimate of drug-likeness (QED) is 0.781. The van der Waals surface area contributed by atoms with Gasteiger partial charge >= 0.3 is 0 Å². The van der Waals surface area contributed by atoms with Gasteiger partial charge in [0.15, 0.2) is 5.75 Å². The molecule has 1 N–H and O–H groups in total. The summed E-state index contributed by atoms with van der Waals surface area (Å²) in [6.07, 6.45) is 5.60. The molecule has 0 aliphatic heterocycles. The van der Waals surface area contributed by atoms with Gasteiger partial charge in [-0.1, -0.05) is 13.3 Å². The third-order valence-electron chi connectivity index (χ3n) is 1.96. The maximum atomic E-state index is 4.97. The SMILES string of the molecule is CCCC(C)Nc1ncc(OC)cn1. The molecule has 1 aromatic heterocycles. The minimum Gasteiger partial charge on any atom is -0.494 e. The lowest BCUT2D eigenvalue weighted by Crippen LogP contribution is -2.16. The van der Waals surface area contributed by atoms with Crippen molar-refractivity contribution < 1.29 is 4.74 Å². The number of anilines is 1. The van der Waals surface area contributed by atoms with Gasteiger partial charge in [-0.3, -0.25) is 0 Å². The number of methoxy groups -OCH3 is 1. The Morgan fingerprint density at radius 3 is 2.57 bits per heavy atom. The summed E-state index contributed by atoms with van der Waals surface area (Å²) in [6, 6.07) is 0.411. The Hall–Kier alpha value is -1.32. The Morgan fingerprint density at radius 1 is 1.43 bits per heavy atom. The fourth-order valence-electron chi connectivity index (χ4n) is 1.22. The molecule has 4 nitrogen and oxygen atoms in total. The molecule has 1 rings (SSSR count). The van der Waals surface area contributed by atoms with Crippen molar-refractivity contribution in [1.29, 1.82) is 0 Å². The van der Waals surface area contributed by atoms with E-state index in [-0.39, 0.29) is 0 Å². The van der Waals surface area contributed by atoms with Crippen LogP contribution in [0.4, 0.5) is 5.95 Å². The number of ether oxygens (including phenoxy) is 1. The largest absolute Gasteiger partial charge is 0.494 e. The number of nitrogens with one attached hydrogen (secondary N) is 1. The number of rotatable bonds is 5. The van der Waals surface area contributed by atoms with Crippen LogP contribution in [0.25, 0.3) is 0 Å². The number of nitrogens with zero attached hydrogens (tertiary/aromatic N) is 2. The molecule has 0 radical (unpaired) electrons. The molecule has 1 heterocycles. The van der Waals surface area contributed by atoms with Crippen LogP contribution < -0.4 is 10.1 Å². The number of aromatic nitrogens is 2. The van der Waals surface area contributed by atoms with Crippen molar-refractivity contribution in [2.24, 2.45) is 0 Å². The van der Waals surface area contributed by atoms with Crippen LogP contribution in [0.3, 0.4) is 0 Å². The van der Waals surface area contributed by atoms with Crippen LogP contribution in [0.2, 0.25) is 0 Å². The van der Waals surface area contributed by atoms with Gasteiger partial charge in [0.05, 0.1) is 19.5 Å². The van der Waals surface area contributed by atoms with Crippen LogP contribution in [-0.2, 0) is 0 Å².